The quantitative estimate of drug-likeness (QED) is 0.539. The van der Waals surface area contributed by atoms with Gasteiger partial charge in [-0.05, 0) is 48.5 Å². The highest BCUT2D eigenvalue weighted by atomic mass is 16.5. The van der Waals surface area contributed by atoms with E-state index < -0.39 is 0 Å². The molecule has 2 unspecified atom stereocenters. The van der Waals surface area contributed by atoms with Crippen LogP contribution in [0.4, 0.5) is 0 Å². The Morgan fingerprint density at radius 3 is 2.43 bits per heavy atom. The molecule has 2 aliphatic carbocycles. The molecule has 2 nitrogen and oxygen atoms in total. The second kappa shape index (κ2) is 7.81. The van der Waals surface area contributed by atoms with Gasteiger partial charge in [-0.15, -0.1) is 0 Å². The van der Waals surface area contributed by atoms with Crippen molar-refractivity contribution in [3.63, 3.8) is 0 Å². The number of fused-ring (bicyclic) bond motifs is 2. The van der Waals surface area contributed by atoms with Gasteiger partial charge in [0.1, 0.15) is 6.61 Å². The molecule has 0 radical (unpaired) electrons. The van der Waals surface area contributed by atoms with Crippen molar-refractivity contribution in [3.8, 4) is 0 Å². The Morgan fingerprint density at radius 1 is 1.26 bits per heavy atom. The fraction of sp³-hybridized carbons (Fsp3) is 0.571. The molecule has 0 N–H and O–H groups in total. The van der Waals surface area contributed by atoms with Crippen LogP contribution in [0.15, 0.2) is 42.5 Å². The minimum Gasteiger partial charge on any atom is -0.461 e. The molecule has 0 aliphatic heterocycles. The zero-order valence-electron chi connectivity index (χ0n) is 14.8. The lowest BCUT2D eigenvalue weighted by Gasteiger charge is -2.31. The van der Waals surface area contributed by atoms with Gasteiger partial charge in [0.25, 0.3) is 0 Å². The molecule has 0 heterocycles. The number of ether oxygens (including phenoxy) is 1. The van der Waals surface area contributed by atoms with Gasteiger partial charge in [0.05, 0.1) is 0 Å². The molecule has 1 aromatic carbocycles. The lowest BCUT2D eigenvalue weighted by molar-refractivity contribution is -0.144. The van der Waals surface area contributed by atoms with E-state index in [0.29, 0.717) is 18.4 Å². The zero-order chi connectivity index (χ0) is 16.9. The maximum Gasteiger partial charge on any atom is 0.306 e. The van der Waals surface area contributed by atoms with Gasteiger partial charge in [0.2, 0.25) is 0 Å². The van der Waals surface area contributed by atoms with Crippen LogP contribution in [0.3, 0.4) is 0 Å². The van der Waals surface area contributed by atoms with E-state index in [1.54, 1.807) is 0 Å². The summed E-state index contributed by atoms with van der Waals surface area (Å²) < 4.78 is 5.03. The van der Waals surface area contributed by atoms with E-state index in [2.05, 4.69) is 20.4 Å². The zero-order valence-corrected chi connectivity index (χ0v) is 14.8. The van der Waals surface area contributed by atoms with E-state index in [4.69, 9.17) is 4.74 Å². The van der Waals surface area contributed by atoms with Crippen molar-refractivity contribution in [2.45, 2.75) is 59.5 Å². The fourth-order valence-electron chi connectivity index (χ4n) is 3.76. The average molecular weight is 314 g/mol. The Hall–Kier alpha value is -1.57. The van der Waals surface area contributed by atoms with Crippen molar-refractivity contribution in [3.05, 3.63) is 48.0 Å². The first-order chi connectivity index (χ1) is 10.9. The summed E-state index contributed by atoms with van der Waals surface area (Å²) in [6.07, 6.45) is 5.66. The molecule has 2 saturated carbocycles. The molecule has 23 heavy (non-hydrogen) atoms. The molecule has 0 amide bonds. The highest BCUT2D eigenvalue weighted by molar-refractivity contribution is 5.69. The van der Waals surface area contributed by atoms with Gasteiger partial charge < -0.3 is 4.74 Å². The van der Waals surface area contributed by atoms with E-state index in [1.165, 1.54) is 24.8 Å². The average Bonchev–Trinajstić information content (AvgIpc) is 3.11. The summed E-state index contributed by atoms with van der Waals surface area (Å²) in [5.41, 5.74) is 3.04. The summed E-state index contributed by atoms with van der Waals surface area (Å²) in [6.45, 7) is 11.3. The largest absolute Gasteiger partial charge is 0.461 e. The SMILES string of the molecule is C=C1C2CCC(C2)C1(C)C.CCCC(=O)OCc1ccccc1. The summed E-state index contributed by atoms with van der Waals surface area (Å²) in [6, 6.07) is 9.70. The van der Waals surface area contributed by atoms with Crippen molar-refractivity contribution in [1.82, 2.24) is 0 Å². The van der Waals surface area contributed by atoms with Crippen LogP contribution >= 0.6 is 0 Å². The van der Waals surface area contributed by atoms with Gasteiger partial charge in [-0.3, -0.25) is 4.79 Å². The van der Waals surface area contributed by atoms with Crippen LogP contribution in [0.25, 0.3) is 0 Å². The summed E-state index contributed by atoms with van der Waals surface area (Å²) in [5, 5.41) is 0. The lowest BCUT2D eigenvalue weighted by atomic mass is 9.73. The normalized spacial score (nSPS) is 24.0. The van der Waals surface area contributed by atoms with Gasteiger partial charge in [-0.1, -0.05) is 63.3 Å². The monoisotopic (exact) mass is 314 g/mol. The molecule has 2 atom stereocenters. The molecular weight excluding hydrogens is 284 g/mol. The van der Waals surface area contributed by atoms with E-state index in [0.717, 1.165) is 23.8 Å². The van der Waals surface area contributed by atoms with Crippen LogP contribution in [0, 0.1) is 17.3 Å². The molecule has 3 rings (SSSR count). The number of carbonyl (C=O) groups is 1. The molecule has 0 saturated heterocycles. The molecule has 126 valence electrons. The van der Waals surface area contributed by atoms with E-state index in [-0.39, 0.29) is 5.97 Å². The molecule has 2 aliphatic rings. The number of hydrogen-bond acceptors (Lipinski definition) is 2. The lowest BCUT2D eigenvalue weighted by Crippen LogP contribution is -2.21. The Kier molecular flexibility index (Phi) is 6.04. The van der Waals surface area contributed by atoms with Crippen LogP contribution in [-0.4, -0.2) is 5.97 Å². The first-order valence-corrected chi connectivity index (χ1v) is 8.84. The van der Waals surface area contributed by atoms with Crippen molar-refractivity contribution in [2.24, 2.45) is 17.3 Å². The van der Waals surface area contributed by atoms with Gasteiger partial charge in [-0.2, -0.15) is 0 Å². The Labute approximate surface area is 140 Å². The third-order valence-electron chi connectivity index (χ3n) is 5.47. The van der Waals surface area contributed by atoms with Gasteiger partial charge in [0, 0.05) is 6.42 Å². The van der Waals surface area contributed by atoms with Gasteiger partial charge in [-0.25, -0.2) is 0 Å². The van der Waals surface area contributed by atoms with Crippen LogP contribution in [0.1, 0.15) is 58.4 Å². The number of benzene rings is 1. The van der Waals surface area contributed by atoms with Crippen molar-refractivity contribution in [1.29, 1.82) is 0 Å². The first kappa shape index (κ1) is 17.8. The minimum atomic E-state index is -0.119. The topological polar surface area (TPSA) is 26.3 Å². The van der Waals surface area contributed by atoms with Crippen LogP contribution in [0.5, 0.6) is 0 Å². The third kappa shape index (κ3) is 4.46. The van der Waals surface area contributed by atoms with E-state index in [9.17, 15) is 4.79 Å². The van der Waals surface area contributed by atoms with Crippen LogP contribution in [-0.2, 0) is 16.1 Å². The highest BCUT2D eigenvalue weighted by Crippen LogP contribution is 2.58. The summed E-state index contributed by atoms with van der Waals surface area (Å²) in [7, 11) is 0. The number of hydrogen-bond donors (Lipinski definition) is 0. The molecule has 0 spiro atoms. The standard InChI is InChI=1S/C11H14O2.C10H16/c1-2-6-11(12)13-9-10-7-4-3-5-8-10;1-7-8-4-5-9(6-8)10(7,2)3/h3-5,7-8H,2,6,9H2,1H3;8-9H,1,4-6H2,2-3H3. The van der Waals surface area contributed by atoms with E-state index in [1.807, 2.05) is 37.3 Å². The first-order valence-electron chi connectivity index (χ1n) is 8.84. The fourth-order valence-corrected chi connectivity index (χ4v) is 3.76. The summed E-state index contributed by atoms with van der Waals surface area (Å²) in [5.74, 6) is 1.73. The maximum absolute atomic E-state index is 11.0. The number of esters is 1. The summed E-state index contributed by atoms with van der Waals surface area (Å²) in [4.78, 5) is 11.0. The minimum absolute atomic E-state index is 0.119. The molecular formula is C21H30O2. The Balaban J connectivity index is 0.000000172. The molecule has 2 bridgehead atoms. The van der Waals surface area contributed by atoms with Crippen molar-refractivity contribution in [2.75, 3.05) is 0 Å². The van der Waals surface area contributed by atoms with E-state index >= 15 is 0 Å². The number of allylic oxidation sites excluding steroid dienone is 1. The van der Waals surface area contributed by atoms with Crippen LogP contribution < -0.4 is 0 Å². The molecule has 2 fully saturated rings. The van der Waals surface area contributed by atoms with Gasteiger partial charge in [0.15, 0.2) is 0 Å². The number of rotatable bonds is 4. The third-order valence-corrected chi connectivity index (χ3v) is 5.47. The second-order valence-electron chi connectivity index (χ2n) is 7.35. The predicted molar refractivity (Wildman–Crippen MR) is 94.9 cm³/mol. The van der Waals surface area contributed by atoms with Crippen molar-refractivity contribution >= 4 is 5.97 Å². The Bertz CT molecular complexity index is 530. The molecule has 0 aromatic heterocycles. The highest BCUT2D eigenvalue weighted by Gasteiger charge is 2.47. The predicted octanol–water partition coefficient (Wildman–Crippen LogP) is 5.53. The smallest absolute Gasteiger partial charge is 0.306 e. The van der Waals surface area contributed by atoms with Gasteiger partial charge >= 0.3 is 5.97 Å². The summed E-state index contributed by atoms with van der Waals surface area (Å²) >= 11 is 0. The molecule has 2 heteroatoms. The van der Waals surface area contributed by atoms with Crippen LogP contribution in [0.2, 0.25) is 0 Å². The van der Waals surface area contributed by atoms with Crippen molar-refractivity contribution < 1.29 is 9.53 Å². The second-order valence-corrected chi connectivity index (χ2v) is 7.35. The molecule has 1 aromatic rings. The maximum atomic E-state index is 11.0. The number of carbonyl (C=O) groups excluding carboxylic acids is 1. The Morgan fingerprint density at radius 2 is 1.96 bits per heavy atom.